The molecule has 6 nitrogen and oxygen atoms in total. The summed E-state index contributed by atoms with van der Waals surface area (Å²) in [5.74, 6) is 1.48. The molecular formula is C20H22N4O2S. The van der Waals surface area contributed by atoms with Crippen LogP contribution in [0.1, 0.15) is 12.0 Å². The monoisotopic (exact) mass is 382 g/mol. The molecule has 0 spiro atoms. The van der Waals surface area contributed by atoms with E-state index in [1.165, 1.54) is 5.56 Å². The lowest BCUT2D eigenvalue weighted by atomic mass is 10.1. The number of para-hydroxylation sites is 1. The number of aromatic nitrogens is 3. The third-order valence-electron chi connectivity index (χ3n) is 4.07. The number of H-pyrrole nitrogens is 1. The molecule has 0 unspecified atom stereocenters. The number of amides is 1. The second-order valence-electron chi connectivity index (χ2n) is 6.13. The van der Waals surface area contributed by atoms with Crippen molar-refractivity contribution in [2.24, 2.45) is 0 Å². The van der Waals surface area contributed by atoms with Crippen LogP contribution < -0.4 is 10.1 Å². The van der Waals surface area contributed by atoms with Gasteiger partial charge in [0.2, 0.25) is 5.91 Å². The maximum atomic E-state index is 12.1. The Hall–Kier alpha value is -2.93. The number of carbonyl (C=O) groups excluding carboxylic acids is 1. The summed E-state index contributed by atoms with van der Waals surface area (Å²) in [6.45, 7) is 3.38. The third kappa shape index (κ3) is 5.27. The molecule has 0 bridgehead atoms. The maximum absolute atomic E-state index is 12.1. The van der Waals surface area contributed by atoms with E-state index in [9.17, 15) is 4.79 Å². The van der Waals surface area contributed by atoms with E-state index in [0.29, 0.717) is 30.9 Å². The Balaban J connectivity index is 1.49. The van der Waals surface area contributed by atoms with Crippen molar-refractivity contribution in [1.29, 1.82) is 0 Å². The normalized spacial score (nSPS) is 10.6. The highest BCUT2D eigenvalue weighted by atomic mass is 32.1. The Labute approximate surface area is 163 Å². The quantitative estimate of drug-likeness (QED) is 0.462. The molecule has 7 heteroatoms. The molecule has 1 heterocycles. The standard InChI is InChI=1S/C20H22N4O2S/c1-15-7-9-16(10-8-15)19-22-23-20(27)24(19)13-11-18(25)21-12-14-26-17-5-3-2-4-6-17/h2-10H,11-14H2,1H3,(H,21,25)(H,23,27). The summed E-state index contributed by atoms with van der Waals surface area (Å²) in [7, 11) is 0. The Morgan fingerprint density at radius 2 is 1.93 bits per heavy atom. The van der Waals surface area contributed by atoms with Gasteiger partial charge in [-0.2, -0.15) is 5.10 Å². The SMILES string of the molecule is Cc1ccc(-c2n[nH]c(=S)n2CCC(=O)NCCOc2ccccc2)cc1. The van der Waals surface area contributed by atoms with Gasteiger partial charge in [0, 0.05) is 18.5 Å². The molecule has 0 aliphatic rings. The Bertz CT molecular complexity index is 933. The number of hydrogen-bond donors (Lipinski definition) is 2. The number of nitrogens with one attached hydrogen (secondary N) is 2. The number of ether oxygens (including phenoxy) is 1. The first-order valence-corrected chi connectivity index (χ1v) is 9.21. The molecule has 2 aromatic carbocycles. The van der Waals surface area contributed by atoms with Gasteiger partial charge in [0.25, 0.3) is 0 Å². The fourth-order valence-electron chi connectivity index (χ4n) is 2.63. The lowest BCUT2D eigenvalue weighted by Gasteiger charge is -2.09. The van der Waals surface area contributed by atoms with Gasteiger partial charge in [0.1, 0.15) is 12.4 Å². The van der Waals surface area contributed by atoms with Crippen LogP contribution in [0.15, 0.2) is 54.6 Å². The minimum Gasteiger partial charge on any atom is -0.492 e. The van der Waals surface area contributed by atoms with Crippen molar-refractivity contribution in [3.05, 3.63) is 64.9 Å². The molecule has 1 amide bonds. The van der Waals surface area contributed by atoms with E-state index in [0.717, 1.165) is 17.1 Å². The molecule has 140 valence electrons. The number of nitrogens with zero attached hydrogens (tertiary/aromatic N) is 2. The first kappa shape index (κ1) is 18.8. The average molecular weight is 382 g/mol. The van der Waals surface area contributed by atoms with Gasteiger partial charge in [-0.25, -0.2) is 0 Å². The van der Waals surface area contributed by atoms with Crippen molar-refractivity contribution in [2.75, 3.05) is 13.2 Å². The number of aromatic amines is 1. The van der Waals surface area contributed by atoms with Gasteiger partial charge in [-0.15, -0.1) is 0 Å². The van der Waals surface area contributed by atoms with E-state index in [4.69, 9.17) is 17.0 Å². The summed E-state index contributed by atoms with van der Waals surface area (Å²) in [4.78, 5) is 12.1. The lowest BCUT2D eigenvalue weighted by molar-refractivity contribution is -0.121. The first-order valence-electron chi connectivity index (χ1n) is 8.80. The molecule has 0 radical (unpaired) electrons. The van der Waals surface area contributed by atoms with Gasteiger partial charge in [-0.1, -0.05) is 48.0 Å². The molecule has 0 saturated heterocycles. The number of carbonyl (C=O) groups is 1. The Kier molecular flexibility index (Phi) is 6.38. The fraction of sp³-hybridized carbons (Fsp3) is 0.250. The lowest BCUT2D eigenvalue weighted by Crippen LogP contribution is -2.28. The van der Waals surface area contributed by atoms with Crippen LogP contribution in [0.3, 0.4) is 0 Å². The molecule has 2 N–H and O–H groups in total. The van der Waals surface area contributed by atoms with E-state index >= 15 is 0 Å². The maximum Gasteiger partial charge on any atom is 0.221 e. The molecule has 0 fully saturated rings. The van der Waals surface area contributed by atoms with Gasteiger partial charge < -0.3 is 10.1 Å². The van der Waals surface area contributed by atoms with Crippen LogP contribution in [0.5, 0.6) is 5.75 Å². The molecule has 27 heavy (non-hydrogen) atoms. The zero-order chi connectivity index (χ0) is 19.1. The van der Waals surface area contributed by atoms with Crippen LogP contribution in [-0.2, 0) is 11.3 Å². The minimum absolute atomic E-state index is 0.0513. The van der Waals surface area contributed by atoms with E-state index in [-0.39, 0.29) is 5.91 Å². The van der Waals surface area contributed by atoms with E-state index in [1.54, 1.807) is 0 Å². The Morgan fingerprint density at radius 3 is 2.67 bits per heavy atom. The largest absolute Gasteiger partial charge is 0.492 e. The topological polar surface area (TPSA) is 71.9 Å². The highest BCUT2D eigenvalue weighted by molar-refractivity contribution is 7.71. The number of aryl methyl sites for hydroxylation is 1. The van der Waals surface area contributed by atoms with Gasteiger partial charge in [-0.3, -0.25) is 14.5 Å². The molecule has 0 atom stereocenters. The second-order valence-corrected chi connectivity index (χ2v) is 6.52. The highest BCUT2D eigenvalue weighted by Crippen LogP contribution is 2.18. The van der Waals surface area contributed by atoms with Crippen molar-refractivity contribution < 1.29 is 9.53 Å². The van der Waals surface area contributed by atoms with Crippen LogP contribution in [0, 0.1) is 11.7 Å². The van der Waals surface area contributed by atoms with Crippen LogP contribution >= 0.6 is 12.2 Å². The predicted molar refractivity (Wildman–Crippen MR) is 107 cm³/mol. The van der Waals surface area contributed by atoms with E-state index in [1.807, 2.05) is 66.1 Å². The van der Waals surface area contributed by atoms with Crippen LogP contribution in [0.4, 0.5) is 0 Å². The highest BCUT2D eigenvalue weighted by Gasteiger charge is 2.10. The Morgan fingerprint density at radius 1 is 1.19 bits per heavy atom. The van der Waals surface area contributed by atoms with Crippen molar-refractivity contribution in [3.8, 4) is 17.1 Å². The van der Waals surface area contributed by atoms with Crippen LogP contribution in [-0.4, -0.2) is 33.8 Å². The molecular weight excluding hydrogens is 360 g/mol. The van der Waals surface area contributed by atoms with Crippen LogP contribution in [0.2, 0.25) is 0 Å². The first-order chi connectivity index (χ1) is 13.1. The van der Waals surface area contributed by atoms with Crippen molar-refractivity contribution >= 4 is 18.1 Å². The number of benzene rings is 2. The van der Waals surface area contributed by atoms with Crippen molar-refractivity contribution in [2.45, 2.75) is 19.9 Å². The second kappa shape index (κ2) is 9.14. The average Bonchev–Trinajstić information content (AvgIpc) is 3.05. The van der Waals surface area contributed by atoms with Crippen LogP contribution in [0.25, 0.3) is 11.4 Å². The third-order valence-corrected chi connectivity index (χ3v) is 4.38. The minimum atomic E-state index is -0.0513. The smallest absolute Gasteiger partial charge is 0.221 e. The van der Waals surface area contributed by atoms with Gasteiger partial charge in [0.15, 0.2) is 10.6 Å². The zero-order valence-corrected chi connectivity index (χ0v) is 16.0. The summed E-state index contributed by atoms with van der Waals surface area (Å²) in [6.07, 6.45) is 0.317. The molecule has 0 aliphatic heterocycles. The van der Waals surface area contributed by atoms with E-state index in [2.05, 4.69) is 15.5 Å². The summed E-state index contributed by atoms with van der Waals surface area (Å²) in [5.41, 5.74) is 2.14. The predicted octanol–water partition coefficient (Wildman–Crippen LogP) is 3.50. The van der Waals surface area contributed by atoms with E-state index < -0.39 is 0 Å². The van der Waals surface area contributed by atoms with Gasteiger partial charge in [-0.05, 0) is 31.3 Å². The molecule has 0 aliphatic carbocycles. The molecule has 1 aromatic heterocycles. The summed E-state index contributed by atoms with van der Waals surface area (Å²) in [5, 5.41) is 9.96. The van der Waals surface area contributed by atoms with Gasteiger partial charge in [0.05, 0.1) is 6.54 Å². The molecule has 0 saturated carbocycles. The summed E-state index contributed by atoms with van der Waals surface area (Å²) < 4.78 is 7.91. The molecule has 3 rings (SSSR count). The van der Waals surface area contributed by atoms with Crippen molar-refractivity contribution in [3.63, 3.8) is 0 Å². The van der Waals surface area contributed by atoms with Crippen molar-refractivity contribution in [1.82, 2.24) is 20.1 Å². The molecule has 3 aromatic rings. The zero-order valence-electron chi connectivity index (χ0n) is 15.1. The number of hydrogen-bond acceptors (Lipinski definition) is 4. The summed E-state index contributed by atoms with van der Waals surface area (Å²) >= 11 is 5.30. The number of rotatable bonds is 8. The summed E-state index contributed by atoms with van der Waals surface area (Å²) in [6, 6.07) is 17.6. The fourth-order valence-corrected chi connectivity index (χ4v) is 2.85. The van der Waals surface area contributed by atoms with Gasteiger partial charge >= 0.3 is 0 Å².